The van der Waals surface area contributed by atoms with Crippen molar-refractivity contribution in [2.45, 2.75) is 17.0 Å². The highest BCUT2D eigenvalue weighted by Gasteiger charge is 2.18. The van der Waals surface area contributed by atoms with Crippen LogP contribution in [0, 0.1) is 10.1 Å². The summed E-state index contributed by atoms with van der Waals surface area (Å²) in [7, 11) is 0. The first kappa shape index (κ1) is 14.1. The Bertz CT molecular complexity index is 640. The zero-order valence-corrected chi connectivity index (χ0v) is 11.3. The lowest BCUT2D eigenvalue weighted by Crippen LogP contribution is -2.04. The minimum atomic E-state index is -0.592. The number of carbonyl (C=O) groups is 1. The number of ether oxygens (including phenoxy) is 1. The molecule has 1 aromatic carbocycles. The summed E-state index contributed by atoms with van der Waals surface area (Å²) in [4.78, 5) is 26.1. The molecule has 0 unspecified atom stereocenters. The van der Waals surface area contributed by atoms with Crippen LogP contribution in [0.3, 0.4) is 0 Å². The molecule has 0 aliphatic carbocycles. The fourth-order valence-corrected chi connectivity index (χ4v) is 2.21. The molecule has 7 nitrogen and oxygen atoms in total. The molecular formula is C12H10N2O5S. The molecule has 0 atom stereocenters. The molecule has 0 amide bonds. The second-order valence-corrected chi connectivity index (χ2v) is 4.54. The van der Waals surface area contributed by atoms with Crippen molar-refractivity contribution in [2.75, 3.05) is 6.61 Å². The third-order valence-electron chi connectivity index (χ3n) is 2.23. The van der Waals surface area contributed by atoms with Crippen LogP contribution in [0.2, 0.25) is 0 Å². The average molecular weight is 294 g/mol. The van der Waals surface area contributed by atoms with Crippen LogP contribution in [0.4, 0.5) is 5.69 Å². The molecule has 0 saturated carbocycles. The van der Waals surface area contributed by atoms with Crippen LogP contribution < -0.4 is 0 Å². The molecule has 20 heavy (non-hydrogen) atoms. The summed E-state index contributed by atoms with van der Waals surface area (Å²) in [6.07, 6.45) is 1.16. The van der Waals surface area contributed by atoms with E-state index >= 15 is 0 Å². The molecule has 104 valence electrons. The average Bonchev–Trinajstić information content (AvgIpc) is 2.88. The monoisotopic (exact) mass is 294 g/mol. The van der Waals surface area contributed by atoms with Gasteiger partial charge in [-0.1, -0.05) is 12.1 Å². The summed E-state index contributed by atoms with van der Waals surface area (Å²) in [5, 5.41) is 11.0. The van der Waals surface area contributed by atoms with Gasteiger partial charge in [0, 0.05) is 6.07 Å². The Morgan fingerprint density at radius 3 is 2.95 bits per heavy atom. The zero-order chi connectivity index (χ0) is 14.5. The highest BCUT2D eigenvalue weighted by atomic mass is 32.2. The van der Waals surface area contributed by atoms with Crippen molar-refractivity contribution in [1.29, 1.82) is 0 Å². The lowest BCUT2D eigenvalue weighted by molar-refractivity contribution is -0.387. The lowest BCUT2D eigenvalue weighted by atomic mass is 10.3. The lowest BCUT2D eigenvalue weighted by Gasteiger charge is -1.98. The summed E-state index contributed by atoms with van der Waals surface area (Å²) < 4.78 is 9.87. The molecule has 1 aromatic heterocycles. The minimum Gasteiger partial charge on any atom is -0.461 e. The summed E-state index contributed by atoms with van der Waals surface area (Å²) >= 11 is 0.972. The fraction of sp³-hybridized carbons (Fsp3) is 0.167. The molecule has 0 bridgehead atoms. The maximum atomic E-state index is 11.4. The maximum absolute atomic E-state index is 11.4. The molecule has 2 rings (SSSR count). The number of carbonyl (C=O) groups excluding carboxylic acids is 1. The van der Waals surface area contributed by atoms with Crippen LogP contribution in [0.25, 0.3) is 0 Å². The Labute approximate surface area is 118 Å². The maximum Gasteiger partial charge on any atom is 0.360 e. The summed E-state index contributed by atoms with van der Waals surface area (Å²) in [5.41, 5.74) is -0.0127. The molecule has 0 radical (unpaired) electrons. The number of benzene rings is 1. The smallest absolute Gasteiger partial charge is 0.360 e. The normalized spacial score (nSPS) is 10.2. The second-order valence-electron chi connectivity index (χ2n) is 3.55. The Morgan fingerprint density at radius 1 is 1.50 bits per heavy atom. The highest BCUT2D eigenvalue weighted by Crippen LogP contribution is 2.33. The van der Waals surface area contributed by atoms with Gasteiger partial charge >= 0.3 is 5.97 Å². The zero-order valence-electron chi connectivity index (χ0n) is 10.4. The molecule has 0 N–H and O–H groups in total. The van der Waals surface area contributed by atoms with Crippen molar-refractivity contribution in [3.05, 3.63) is 46.3 Å². The largest absolute Gasteiger partial charge is 0.461 e. The first-order chi connectivity index (χ1) is 9.61. The van der Waals surface area contributed by atoms with Gasteiger partial charge in [-0.2, -0.15) is 4.98 Å². The quantitative estimate of drug-likeness (QED) is 0.475. The number of oxazole rings is 1. The predicted octanol–water partition coefficient (Wildman–Crippen LogP) is 2.91. The fourth-order valence-electron chi connectivity index (χ4n) is 1.39. The van der Waals surface area contributed by atoms with Crippen LogP contribution in [-0.2, 0) is 4.74 Å². The van der Waals surface area contributed by atoms with Crippen LogP contribution in [0.5, 0.6) is 0 Å². The van der Waals surface area contributed by atoms with Crippen molar-refractivity contribution >= 4 is 23.4 Å². The van der Waals surface area contributed by atoms with Gasteiger partial charge < -0.3 is 9.15 Å². The van der Waals surface area contributed by atoms with Gasteiger partial charge in [-0.3, -0.25) is 10.1 Å². The number of nitro groups is 1. The van der Waals surface area contributed by atoms with Crippen LogP contribution in [-0.4, -0.2) is 22.5 Å². The van der Waals surface area contributed by atoms with Crippen LogP contribution in [0.15, 0.2) is 45.1 Å². The van der Waals surface area contributed by atoms with Gasteiger partial charge in [0.1, 0.15) is 6.26 Å². The number of nitrogens with zero attached hydrogens (tertiary/aromatic N) is 2. The van der Waals surface area contributed by atoms with Crippen molar-refractivity contribution in [2.24, 2.45) is 0 Å². The van der Waals surface area contributed by atoms with Gasteiger partial charge in [0.15, 0.2) is 5.69 Å². The molecule has 0 fully saturated rings. The topological polar surface area (TPSA) is 95.5 Å². The molecule has 2 aromatic rings. The van der Waals surface area contributed by atoms with E-state index in [2.05, 4.69) is 4.98 Å². The summed E-state index contributed by atoms with van der Waals surface area (Å²) in [5.74, 6) is -0.592. The molecule has 8 heteroatoms. The molecule has 0 spiro atoms. The Kier molecular flexibility index (Phi) is 4.36. The Morgan fingerprint density at radius 2 is 2.25 bits per heavy atom. The molecular weight excluding hydrogens is 284 g/mol. The van der Waals surface area contributed by atoms with Gasteiger partial charge in [-0.25, -0.2) is 4.79 Å². The van der Waals surface area contributed by atoms with E-state index in [1.54, 1.807) is 25.1 Å². The second kappa shape index (κ2) is 6.20. The van der Waals surface area contributed by atoms with Gasteiger partial charge in [-0.05, 0) is 24.8 Å². The van der Waals surface area contributed by atoms with Crippen LogP contribution >= 0.6 is 11.8 Å². The van der Waals surface area contributed by atoms with E-state index < -0.39 is 10.9 Å². The molecule has 1 heterocycles. The van der Waals surface area contributed by atoms with Crippen molar-refractivity contribution in [1.82, 2.24) is 4.98 Å². The number of hydrogen-bond acceptors (Lipinski definition) is 7. The van der Waals surface area contributed by atoms with E-state index in [4.69, 9.17) is 9.15 Å². The third kappa shape index (κ3) is 3.15. The van der Waals surface area contributed by atoms with Crippen molar-refractivity contribution < 1.29 is 18.9 Å². The van der Waals surface area contributed by atoms with Gasteiger partial charge in [0.25, 0.3) is 10.9 Å². The van der Waals surface area contributed by atoms with E-state index in [1.165, 1.54) is 6.07 Å². The summed E-state index contributed by atoms with van der Waals surface area (Å²) in [6.45, 7) is 1.92. The van der Waals surface area contributed by atoms with E-state index in [1.807, 2.05) is 0 Å². The number of nitro benzene ring substituents is 1. The Hall–Kier alpha value is -2.35. The molecule has 0 aliphatic heterocycles. The van der Waals surface area contributed by atoms with Crippen molar-refractivity contribution in [3.8, 4) is 0 Å². The number of esters is 1. The first-order valence-electron chi connectivity index (χ1n) is 5.65. The number of hydrogen-bond donors (Lipinski definition) is 0. The SMILES string of the molecule is CCOC(=O)c1coc(Sc2ccccc2[N+](=O)[O-])n1. The van der Waals surface area contributed by atoms with E-state index in [9.17, 15) is 14.9 Å². The predicted molar refractivity (Wildman–Crippen MR) is 69.7 cm³/mol. The van der Waals surface area contributed by atoms with E-state index in [-0.39, 0.29) is 23.2 Å². The van der Waals surface area contributed by atoms with Crippen LogP contribution in [0.1, 0.15) is 17.4 Å². The van der Waals surface area contributed by atoms with Crippen molar-refractivity contribution in [3.63, 3.8) is 0 Å². The molecule has 0 saturated heterocycles. The minimum absolute atomic E-state index is 0.0351. The van der Waals surface area contributed by atoms with E-state index in [0.29, 0.717) is 4.90 Å². The number of aromatic nitrogens is 1. The van der Waals surface area contributed by atoms with Gasteiger partial charge in [-0.15, -0.1) is 0 Å². The van der Waals surface area contributed by atoms with E-state index in [0.717, 1.165) is 18.0 Å². The highest BCUT2D eigenvalue weighted by molar-refractivity contribution is 7.99. The Balaban J connectivity index is 2.19. The summed E-state index contributed by atoms with van der Waals surface area (Å²) in [6, 6.07) is 6.21. The number of para-hydroxylation sites is 1. The van der Waals surface area contributed by atoms with Gasteiger partial charge in [0.2, 0.25) is 0 Å². The number of rotatable bonds is 5. The third-order valence-corrected chi connectivity index (χ3v) is 3.15. The standard InChI is InChI=1S/C12H10N2O5S/c1-2-18-11(15)8-7-19-12(13-8)20-10-6-4-3-5-9(10)14(16)17/h3-7H,2H2,1H3. The first-order valence-corrected chi connectivity index (χ1v) is 6.47. The van der Waals surface area contributed by atoms with Gasteiger partial charge in [0.05, 0.1) is 16.4 Å². The molecule has 0 aliphatic rings.